The van der Waals surface area contributed by atoms with Gasteiger partial charge >= 0.3 is 0 Å². The molecule has 1 heterocycles. The van der Waals surface area contributed by atoms with Gasteiger partial charge in [0.05, 0.1) is 17.4 Å². The third-order valence-corrected chi connectivity index (χ3v) is 8.68. The van der Waals surface area contributed by atoms with Crippen LogP contribution in [0.25, 0.3) is 0 Å². The molecule has 45 heavy (non-hydrogen) atoms. The van der Waals surface area contributed by atoms with Crippen LogP contribution in [0.3, 0.4) is 0 Å². The summed E-state index contributed by atoms with van der Waals surface area (Å²) in [5.74, 6) is -0.621. The van der Waals surface area contributed by atoms with Gasteiger partial charge in [-0.05, 0) is 42.9 Å². The number of hydrogen-bond acceptors (Lipinski definition) is 4. The number of rotatable bonds is 9. The molecule has 7 nitrogen and oxygen atoms in total. The second kappa shape index (κ2) is 13.7. The summed E-state index contributed by atoms with van der Waals surface area (Å²) in [6.07, 6.45) is 3.56. The van der Waals surface area contributed by atoms with Gasteiger partial charge in [0.1, 0.15) is 6.04 Å². The summed E-state index contributed by atoms with van der Waals surface area (Å²) in [6, 6.07) is 35.9. The molecule has 0 saturated heterocycles. The summed E-state index contributed by atoms with van der Waals surface area (Å²) < 4.78 is 0. The van der Waals surface area contributed by atoms with E-state index in [9.17, 15) is 14.4 Å². The number of anilines is 1. The van der Waals surface area contributed by atoms with Crippen LogP contribution in [-0.2, 0) is 14.4 Å². The minimum atomic E-state index is -1.23. The molecule has 1 saturated carbocycles. The zero-order valence-electron chi connectivity index (χ0n) is 25.4. The largest absolute Gasteiger partial charge is 0.345 e. The van der Waals surface area contributed by atoms with Crippen LogP contribution in [0, 0.1) is 5.92 Å². The lowest BCUT2D eigenvalue weighted by Gasteiger charge is -2.34. The Balaban J connectivity index is 1.40. The highest BCUT2D eigenvalue weighted by molar-refractivity contribution is 6.20. The highest BCUT2D eigenvalue weighted by atomic mass is 16.2. The summed E-state index contributed by atoms with van der Waals surface area (Å²) in [5.41, 5.74) is 4.75. The fraction of sp³-hybridized carbons (Fsp3) is 0.263. The lowest BCUT2D eigenvalue weighted by Crippen LogP contribution is -2.53. The molecule has 0 bridgehead atoms. The summed E-state index contributed by atoms with van der Waals surface area (Å²) in [4.78, 5) is 47.9. The lowest BCUT2D eigenvalue weighted by atomic mass is 9.94. The van der Waals surface area contributed by atoms with E-state index >= 15 is 0 Å². The maximum Gasteiger partial charge on any atom is 0.273 e. The van der Waals surface area contributed by atoms with Crippen molar-refractivity contribution in [1.29, 1.82) is 0 Å². The van der Waals surface area contributed by atoms with Gasteiger partial charge in [-0.15, -0.1) is 0 Å². The average Bonchev–Trinajstić information content (AvgIpc) is 3.55. The average molecular weight is 599 g/mol. The number of carbonyl (C=O) groups is 3. The number of nitrogens with one attached hydrogen (secondary N) is 2. The summed E-state index contributed by atoms with van der Waals surface area (Å²) >= 11 is 0. The van der Waals surface area contributed by atoms with Crippen LogP contribution < -0.4 is 15.5 Å². The minimum absolute atomic E-state index is 0.146. The van der Waals surface area contributed by atoms with Gasteiger partial charge in [-0.25, -0.2) is 4.99 Å². The summed E-state index contributed by atoms with van der Waals surface area (Å²) in [6.45, 7) is 1.65. The second-order valence-electron chi connectivity index (χ2n) is 11.8. The van der Waals surface area contributed by atoms with Crippen molar-refractivity contribution in [3.63, 3.8) is 0 Å². The Morgan fingerprint density at radius 2 is 1.36 bits per heavy atom. The molecule has 1 unspecified atom stereocenters. The number of nitrogens with zero attached hydrogens (tertiary/aromatic N) is 2. The Morgan fingerprint density at radius 1 is 0.800 bits per heavy atom. The van der Waals surface area contributed by atoms with E-state index in [0.29, 0.717) is 23.7 Å². The second-order valence-corrected chi connectivity index (χ2v) is 11.8. The van der Waals surface area contributed by atoms with Crippen molar-refractivity contribution >= 4 is 29.1 Å². The predicted octanol–water partition coefficient (Wildman–Crippen LogP) is 6.19. The number of aliphatic imine (C=N–C) groups is 1. The number of hydrogen-bond donors (Lipinski definition) is 2. The lowest BCUT2D eigenvalue weighted by molar-refractivity contribution is -0.131. The predicted molar refractivity (Wildman–Crippen MR) is 177 cm³/mol. The first-order valence-electron chi connectivity index (χ1n) is 15.7. The van der Waals surface area contributed by atoms with Crippen molar-refractivity contribution in [3.05, 3.63) is 138 Å². The smallest absolute Gasteiger partial charge is 0.273 e. The Kier molecular flexibility index (Phi) is 9.15. The minimum Gasteiger partial charge on any atom is -0.345 e. The Bertz CT molecular complexity index is 1630. The number of benzodiazepines with no additional fused rings is 1. The number of amides is 3. The van der Waals surface area contributed by atoms with Crippen molar-refractivity contribution in [2.75, 3.05) is 4.90 Å². The van der Waals surface area contributed by atoms with Crippen LogP contribution >= 0.6 is 0 Å². The van der Waals surface area contributed by atoms with Crippen molar-refractivity contribution < 1.29 is 14.4 Å². The molecule has 1 aliphatic heterocycles. The third-order valence-electron chi connectivity index (χ3n) is 8.68. The highest BCUT2D eigenvalue weighted by Gasteiger charge is 2.38. The van der Waals surface area contributed by atoms with Crippen LogP contribution in [-0.4, -0.2) is 35.6 Å². The van der Waals surface area contributed by atoms with Gasteiger partial charge in [-0.2, -0.15) is 0 Å². The molecule has 6 rings (SSSR count). The normalized spacial score (nSPS) is 17.3. The molecule has 1 fully saturated rings. The monoisotopic (exact) mass is 598 g/mol. The topological polar surface area (TPSA) is 90.9 Å². The summed E-state index contributed by atoms with van der Waals surface area (Å²) in [7, 11) is 0. The zero-order valence-corrected chi connectivity index (χ0v) is 25.4. The molecular formula is C38H38N4O3. The standard InChI is InChI=1S/C38H38N4O3/c1-26(39-33(43)25-27-15-11-12-16-27)37(44)41-36-38(45)42(35(29-19-7-3-8-20-29)30-21-9-4-10-22-30)32-24-14-13-23-31(32)34(40-36)28-17-5-2-6-18-28/h2-10,13-14,17-24,26-27,35-36H,11-12,15-16,25H2,1H3,(H,39,43)(H,41,44)/t26-,36?/m0/s1. The molecule has 7 heteroatoms. The van der Waals surface area contributed by atoms with Crippen molar-refractivity contribution in [1.82, 2.24) is 10.6 Å². The van der Waals surface area contributed by atoms with Crippen molar-refractivity contribution in [2.45, 2.75) is 57.3 Å². The van der Waals surface area contributed by atoms with Gasteiger partial charge in [0.2, 0.25) is 18.0 Å². The number of carbonyl (C=O) groups excluding carboxylic acids is 3. The number of fused-ring (bicyclic) bond motifs is 1. The molecule has 4 aromatic rings. The SMILES string of the molecule is C[C@H](NC(=O)CC1CCCC1)C(=O)NC1N=C(c2ccccc2)c2ccccc2N(C(c2ccccc2)c2ccccc2)C1=O. The van der Waals surface area contributed by atoms with Crippen molar-refractivity contribution in [3.8, 4) is 0 Å². The summed E-state index contributed by atoms with van der Waals surface area (Å²) in [5, 5.41) is 5.75. The molecule has 2 N–H and O–H groups in total. The van der Waals surface area contributed by atoms with Crippen LogP contribution in [0.5, 0.6) is 0 Å². The fourth-order valence-corrected chi connectivity index (χ4v) is 6.44. The first-order chi connectivity index (χ1) is 22.0. The first kappa shape index (κ1) is 30.0. The molecule has 228 valence electrons. The van der Waals surface area contributed by atoms with E-state index in [0.717, 1.165) is 47.9 Å². The van der Waals surface area contributed by atoms with E-state index in [-0.39, 0.29) is 11.8 Å². The van der Waals surface area contributed by atoms with Crippen LogP contribution in [0.2, 0.25) is 0 Å². The zero-order chi connectivity index (χ0) is 31.2. The van der Waals surface area contributed by atoms with E-state index in [1.54, 1.807) is 11.8 Å². The quantitative estimate of drug-likeness (QED) is 0.241. The van der Waals surface area contributed by atoms with Crippen LogP contribution in [0.15, 0.2) is 120 Å². The van der Waals surface area contributed by atoms with Gasteiger partial charge in [-0.3, -0.25) is 19.3 Å². The third kappa shape index (κ3) is 6.73. The first-order valence-corrected chi connectivity index (χ1v) is 15.7. The van der Waals surface area contributed by atoms with Crippen LogP contribution in [0.4, 0.5) is 5.69 Å². The molecule has 4 aromatic carbocycles. The number of benzene rings is 4. The Hall–Kier alpha value is -5.04. The number of para-hydroxylation sites is 1. The molecule has 0 spiro atoms. The van der Waals surface area contributed by atoms with Gasteiger partial charge in [0.25, 0.3) is 5.91 Å². The van der Waals surface area contributed by atoms with Gasteiger partial charge in [-0.1, -0.05) is 122 Å². The van der Waals surface area contributed by atoms with E-state index < -0.39 is 24.2 Å². The fourth-order valence-electron chi connectivity index (χ4n) is 6.44. The van der Waals surface area contributed by atoms with E-state index in [1.165, 1.54) is 0 Å². The van der Waals surface area contributed by atoms with E-state index in [4.69, 9.17) is 4.99 Å². The van der Waals surface area contributed by atoms with E-state index in [2.05, 4.69) is 10.6 Å². The molecule has 0 radical (unpaired) electrons. The molecule has 2 atom stereocenters. The molecule has 2 aliphatic rings. The highest BCUT2D eigenvalue weighted by Crippen LogP contribution is 2.38. The molecule has 3 amide bonds. The molecule has 0 aromatic heterocycles. The van der Waals surface area contributed by atoms with E-state index in [1.807, 2.05) is 115 Å². The maximum absolute atomic E-state index is 14.8. The van der Waals surface area contributed by atoms with Crippen molar-refractivity contribution in [2.24, 2.45) is 10.9 Å². The Labute approximate surface area is 264 Å². The Morgan fingerprint density at radius 3 is 1.98 bits per heavy atom. The van der Waals surface area contributed by atoms with Crippen LogP contribution in [0.1, 0.15) is 67.3 Å². The maximum atomic E-state index is 14.8. The van der Waals surface area contributed by atoms with Gasteiger partial charge in [0, 0.05) is 17.5 Å². The van der Waals surface area contributed by atoms with Gasteiger partial charge < -0.3 is 10.6 Å². The van der Waals surface area contributed by atoms with Gasteiger partial charge in [0.15, 0.2) is 0 Å². The molecular weight excluding hydrogens is 560 g/mol. The molecule has 1 aliphatic carbocycles.